The van der Waals surface area contributed by atoms with Crippen LogP contribution in [0.2, 0.25) is 0 Å². The van der Waals surface area contributed by atoms with Crippen molar-refractivity contribution in [3.8, 4) is 0 Å². The van der Waals surface area contributed by atoms with Gasteiger partial charge in [-0.2, -0.15) is 0 Å². The Labute approximate surface area is 160 Å². The lowest BCUT2D eigenvalue weighted by Gasteiger charge is -2.16. The Bertz CT molecular complexity index is 199. The van der Waals surface area contributed by atoms with Crippen LogP contribution in [0.15, 0.2) is 0 Å². The Morgan fingerprint density at radius 2 is 1.16 bits per heavy atom. The number of ether oxygens (including phenoxy) is 2. The maximum Gasteiger partial charge on any atom is 0.0745 e. The summed E-state index contributed by atoms with van der Waals surface area (Å²) >= 11 is 0. The molecule has 164 valence electrons. The highest BCUT2D eigenvalue weighted by Gasteiger charge is 2.09. The van der Waals surface area contributed by atoms with Gasteiger partial charge in [0, 0.05) is 6.61 Å². The molecule has 0 radical (unpaired) electrons. The van der Waals surface area contributed by atoms with E-state index in [1.165, 1.54) is 0 Å². The van der Waals surface area contributed by atoms with Crippen LogP contribution in [-0.4, -0.2) is 59.6 Å². The summed E-state index contributed by atoms with van der Waals surface area (Å²) in [6.07, 6.45) is 1.79. The zero-order valence-corrected chi connectivity index (χ0v) is 12.4. The molecular formula is C20H54O5. The highest BCUT2D eigenvalue weighted by atomic mass is 16.5. The second-order valence-corrected chi connectivity index (χ2v) is 5.29. The van der Waals surface area contributed by atoms with Gasteiger partial charge >= 0.3 is 0 Å². The predicted molar refractivity (Wildman–Crippen MR) is 114 cm³/mol. The van der Waals surface area contributed by atoms with Crippen LogP contribution in [0, 0.1) is 0 Å². The molecule has 0 bridgehead atoms. The Hall–Kier alpha value is -0.200. The molecule has 0 heterocycles. The molecule has 0 aliphatic carbocycles. The molecule has 0 saturated heterocycles. The lowest BCUT2D eigenvalue weighted by Crippen LogP contribution is -2.19. The fourth-order valence-corrected chi connectivity index (χ4v) is 1.63. The molecule has 0 aromatic carbocycles. The molecule has 0 aliphatic rings. The van der Waals surface area contributed by atoms with E-state index in [9.17, 15) is 5.11 Å². The maximum absolute atomic E-state index is 9.77. The molecule has 4 unspecified atom stereocenters. The van der Waals surface area contributed by atoms with Crippen molar-refractivity contribution in [2.45, 2.75) is 115 Å². The van der Waals surface area contributed by atoms with Gasteiger partial charge < -0.3 is 24.8 Å². The second kappa shape index (κ2) is 28.6. The Balaban J connectivity index is -0.000000108. The first-order valence-electron chi connectivity index (χ1n) is 7.15. The van der Waals surface area contributed by atoms with Crippen LogP contribution < -0.4 is 0 Å². The van der Waals surface area contributed by atoms with Crippen molar-refractivity contribution in [1.29, 1.82) is 0 Å². The molecule has 4 atom stereocenters. The third-order valence-corrected chi connectivity index (χ3v) is 2.71. The van der Waals surface area contributed by atoms with Crippen LogP contribution in [0.3, 0.4) is 0 Å². The fraction of sp³-hybridized carbons (Fsp3) is 1.00. The Morgan fingerprint density at radius 1 is 0.680 bits per heavy atom. The average molecular weight is 375 g/mol. The van der Waals surface area contributed by atoms with Crippen LogP contribution in [0.25, 0.3) is 0 Å². The molecule has 0 aliphatic heterocycles. The van der Waals surface area contributed by atoms with Gasteiger partial charge in [-0.25, -0.2) is 0 Å². The third-order valence-electron chi connectivity index (χ3n) is 2.71. The van der Waals surface area contributed by atoms with Gasteiger partial charge in [-0.1, -0.05) is 44.6 Å². The van der Waals surface area contributed by atoms with Crippen molar-refractivity contribution in [2.75, 3.05) is 19.8 Å². The van der Waals surface area contributed by atoms with Gasteiger partial charge in [0.05, 0.1) is 37.6 Å². The molecular weight excluding hydrogens is 320 g/mol. The summed E-state index contributed by atoms with van der Waals surface area (Å²) in [6, 6.07) is 0. The molecule has 0 fully saturated rings. The van der Waals surface area contributed by atoms with Gasteiger partial charge in [0.2, 0.25) is 0 Å². The first-order chi connectivity index (χ1) is 8.91. The summed E-state index contributed by atoms with van der Waals surface area (Å²) in [5.74, 6) is 0. The standard InChI is InChI=1S/C14H30O5.6CH4/c1-11(15)9-18-8-4-5-14(17)7-6-13(3)19-10-12(2)16;;;;;;/h11-17H,4-10H2,1-3H3;6*1H4. The quantitative estimate of drug-likeness (QED) is 0.423. The van der Waals surface area contributed by atoms with E-state index >= 15 is 0 Å². The third kappa shape index (κ3) is 35.7. The van der Waals surface area contributed by atoms with E-state index in [2.05, 4.69) is 0 Å². The SMILES string of the molecule is C.C.C.C.C.C.CC(O)COCCCC(O)CCC(C)OCC(C)O. The van der Waals surface area contributed by atoms with E-state index in [0.29, 0.717) is 32.7 Å². The molecule has 0 aromatic rings. The molecule has 0 saturated carbocycles. The summed E-state index contributed by atoms with van der Waals surface area (Å²) < 4.78 is 10.6. The van der Waals surface area contributed by atoms with Gasteiger partial charge in [0.25, 0.3) is 0 Å². The van der Waals surface area contributed by atoms with Crippen LogP contribution >= 0.6 is 0 Å². The highest BCUT2D eigenvalue weighted by molar-refractivity contribution is 4.60. The number of rotatable bonds is 12. The molecule has 0 amide bonds. The van der Waals surface area contributed by atoms with E-state index in [0.717, 1.165) is 12.8 Å². The van der Waals surface area contributed by atoms with E-state index in [1.54, 1.807) is 13.8 Å². The van der Waals surface area contributed by atoms with Crippen LogP contribution in [0.4, 0.5) is 0 Å². The van der Waals surface area contributed by atoms with Gasteiger partial charge in [0.1, 0.15) is 0 Å². The number of aliphatic hydroxyl groups is 3. The lowest BCUT2D eigenvalue weighted by atomic mass is 10.1. The normalized spacial score (nSPS) is 13.7. The summed E-state index contributed by atoms with van der Waals surface area (Å²) in [5.41, 5.74) is 0. The van der Waals surface area contributed by atoms with Crippen molar-refractivity contribution < 1.29 is 24.8 Å². The first kappa shape index (κ1) is 44.3. The van der Waals surface area contributed by atoms with Crippen molar-refractivity contribution in [3.63, 3.8) is 0 Å². The molecule has 0 aromatic heterocycles. The average Bonchev–Trinajstić information content (AvgIpc) is 2.33. The monoisotopic (exact) mass is 374 g/mol. The topological polar surface area (TPSA) is 79.2 Å². The number of hydrogen-bond acceptors (Lipinski definition) is 5. The van der Waals surface area contributed by atoms with Crippen molar-refractivity contribution >= 4 is 0 Å². The van der Waals surface area contributed by atoms with Gasteiger partial charge in [0.15, 0.2) is 0 Å². The van der Waals surface area contributed by atoms with Crippen molar-refractivity contribution in [2.24, 2.45) is 0 Å². The van der Waals surface area contributed by atoms with Gasteiger partial charge in [-0.05, 0) is 46.5 Å². The smallest absolute Gasteiger partial charge is 0.0745 e. The van der Waals surface area contributed by atoms with Crippen LogP contribution in [0.5, 0.6) is 0 Å². The second-order valence-electron chi connectivity index (χ2n) is 5.29. The minimum absolute atomic E-state index is 0. The molecule has 3 N–H and O–H groups in total. The summed E-state index contributed by atoms with van der Waals surface area (Å²) in [6.45, 7) is 6.57. The fourth-order valence-electron chi connectivity index (χ4n) is 1.63. The molecule has 5 heteroatoms. The molecule has 25 heavy (non-hydrogen) atoms. The first-order valence-corrected chi connectivity index (χ1v) is 7.15. The zero-order valence-electron chi connectivity index (χ0n) is 12.4. The maximum atomic E-state index is 9.77. The Morgan fingerprint density at radius 3 is 1.60 bits per heavy atom. The van der Waals surface area contributed by atoms with E-state index in [1.807, 2.05) is 6.92 Å². The summed E-state index contributed by atoms with van der Waals surface area (Å²) in [4.78, 5) is 0. The van der Waals surface area contributed by atoms with E-state index in [-0.39, 0.29) is 56.8 Å². The van der Waals surface area contributed by atoms with E-state index < -0.39 is 12.2 Å². The van der Waals surface area contributed by atoms with Crippen molar-refractivity contribution in [3.05, 3.63) is 0 Å². The lowest BCUT2D eigenvalue weighted by molar-refractivity contribution is -0.00483. The predicted octanol–water partition coefficient (Wildman–Crippen LogP) is 4.91. The zero-order chi connectivity index (χ0) is 14.7. The minimum Gasteiger partial charge on any atom is -0.393 e. The Kier molecular flexibility index (Phi) is 50.7. The minimum atomic E-state index is -0.446. The summed E-state index contributed by atoms with van der Waals surface area (Å²) in [5, 5.41) is 27.8. The summed E-state index contributed by atoms with van der Waals surface area (Å²) in [7, 11) is 0. The molecule has 0 rings (SSSR count). The molecule has 5 nitrogen and oxygen atoms in total. The van der Waals surface area contributed by atoms with E-state index in [4.69, 9.17) is 19.7 Å². The number of hydrogen-bond donors (Lipinski definition) is 3. The van der Waals surface area contributed by atoms with Gasteiger partial charge in [-0.3, -0.25) is 0 Å². The number of aliphatic hydroxyl groups excluding tert-OH is 3. The van der Waals surface area contributed by atoms with Gasteiger partial charge in [-0.15, -0.1) is 0 Å². The molecule has 0 spiro atoms. The van der Waals surface area contributed by atoms with Crippen molar-refractivity contribution in [1.82, 2.24) is 0 Å². The largest absolute Gasteiger partial charge is 0.393 e. The highest BCUT2D eigenvalue weighted by Crippen LogP contribution is 2.09. The van der Waals surface area contributed by atoms with Crippen LogP contribution in [0.1, 0.15) is 91.0 Å². The van der Waals surface area contributed by atoms with Crippen LogP contribution in [-0.2, 0) is 9.47 Å².